The van der Waals surface area contributed by atoms with Crippen LogP contribution in [0.15, 0.2) is 70.4 Å². The molecule has 31 heavy (non-hydrogen) atoms. The Balaban J connectivity index is 1.56. The summed E-state index contributed by atoms with van der Waals surface area (Å²) >= 11 is 7.36. The van der Waals surface area contributed by atoms with E-state index in [0.717, 1.165) is 33.5 Å². The molecule has 1 amide bonds. The summed E-state index contributed by atoms with van der Waals surface area (Å²) in [6, 6.07) is 15.8. The van der Waals surface area contributed by atoms with Crippen molar-refractivity contribution < 1.29 is 4.79 Å². The van der Waals surface area contributed by atoms with Gasteiger partial charge in [0.15, 0.2) is 5.84 Å². The number of amides is 1. The number of rotatable bonds is 4. The van der Waals surface area contributed by atoms with Crippen LogP contribution in [0, 0.1) is 5.41 Å². The maximum atomic E-state index is 12.7. The lowest BCUT2D eigenvalue weighted by molar-refractivity contribution is -0.114. The van der Waals surface area contributed by atoms with Crippen LogP contribution in [0.3, 0.4) is 0 Å². The molecule has 0 saturated heterocycles. The number of nitrogens with one attached hydrogen (secondary N) is 1. The minimum Gasteiger partial charge on any atom is -0.342 e. The minimum atomic E-state index is -0.411. The number of hydrazone groups is 1. The smallest absolute Gasteiger partial charge is 0.283 e. The summed E-state index contributed by atoms with van der Waals surface area (Å²) in [4.78, 5) is 16.9. The number of nitrogens with zero attached hydrogens (tertiary/aromatic N) is 4. The number of hydrogen-bond acceptors (Lipinski definition) is 4. The van der Waals surface area contributed by atoms with Crippen molar-refractivity contribution in [1.29, 1.82) is 5.41 Å². The zero-order chi connectivity index (χ0) is 21.5. The summed E-state index contributed by atoms with van der Waals surface area (Å²) in [6.07, 6.45) is 4.49. The Kier molecular flexibility index (Phi) is 5.00. The van der Waals surface area contributed by atoms with Gasteiger partial charge in [0, 0.05) is 34.2 Å². The Morgan fingerprint density at radius 1 is 1.16 bits per heavy atom. The third-order valence-electron chi connectivity index (χ3n) is 5.18. The topological polar surface area (TPSA) is 73.8 Å². The molecule has 154 valence electrons. The fourth-order valence-electron chi connectivity index (χ4n) is 3.64. The van der Waals surface area contributed by atoms with Gasteiger partial charge in [0.05, 0.1) is 5.57 Å². The number of aromatic nitrogens is 1. The predicted octanol–water partition coefficient (Wildman–Crippen LogP) is 5.37. The summed E-state index contributed by atoms with van der Waals surface area (Å²) in [6.45, 7) is 2.66. The van der Waals surface area contributed by atoms with Crippen LogP contribution in [0.2, 0.25) is 5.02 Å². The monoisotopic (exact) mass is 447 g/mol. The van der Waals surface area contributed by atoms with E-state index in [4.69, 9.17) is 17.0 Å². The van der Waals surface area contributed by atoms with Gasteiger partial charge < -0.3 is 4.57 Å². The van der Waals surface area contributed by atoms with Crippen molar-refractivity contribution in [2.75, 3.05) is 0 Å². The number of hydrogen-bond donors (Lipinski definition) is 1. The van der Waals surface area contributed by atoms with Crippen LogP contribution < -0.4 is 0 Å². The maximum absolute atomic E-state index is 12.7. The van der Waals surface area contributed by atoms with Crippen LogP contribution in [-0.2, 0) is 11.3 Å². The molecule has 5 rings (SSSR count). The van der Waals surface area contributed by atoms with Crippen LogP contribution in [0.1, 0.15) is 24.5 Å². The fraction of sp³-hybridized carbons (Fsp3) is 0.130. The van der Waals surface area contributed by atoms with Crippen LogP contribution in [0.4, 0.5) is 0 Å². The molecule has 2 aliphatic rings. The van der Waals surface area contributed by atoms with Crippen LogP contribution >= 0.6 is 23.4 Å². The van der Waals surface area contributed by atoms with Crippen molar-refractivity contribution in [2.24, 2.45) is 10.1 Å². The Hall–Kier alpha value is -3.16. The van der Waals surface area contributed by atoms with Crippen molar-refractivity contribution in [1.82, 2.24) is 9.58 Å². The average molecular weight is 448 g/mol. The fourth-order valence-corrected chi connectivity index (χ4v) is 4.59. The Labute approximate surface area is 188 Å². The van der Waals surface area contributed by atoms with E-state index in [-0.39, 0.29) is 11.4 Å². The normalized spacial score (nSPS) is 17.4. The molecule has 0 bridgehead atoms. The Bertz CT molecular complexity index is 1320. The SMILES string of the molecule is CCC1=NN2C(=N)/C(=C/c3cn(Cc4ccc(Cl)cc4)c4ccccc34)C(=O)N=C2S1. The zero-order valence-electron chi connectivity index (χ0n) is 16.7. The highest BCUT2D eigenvalue weighted by atomic mass is 35.5. The molecule has 0 radical (unpaired) electrons. The molecule has 1 aromatic heterocycles. The summed E-state index contributed by atoms with van der Waals surface area (Å²) < 4.78 is 2.13. The number of halogens is 1. The van der Waals surface area contributed by atoms with Gasteiger partial charge in [-0.2, -0.15) is 15.1 Å². The highest BCUT2D eigenvalue weighted by molar-refractivity contribution is 8.26. The largest absolute Gasteiger partial charge is 0.342 e. The maximum Gasteiger partial charge on any atom is 0.283 e. The Morgan fingerprint density at radius 3 is 2.71 bits per heavy atom. The number of para-hydroxylation sites is 1. The van der Waals surface area contributed by atoms with E-state index in [1.165, 1.54) is 16.8 Å². The second-order valence-corrected chi connectivity index (χ2v) is 8.70. The second-order valence-electron chi connectivity index (χ2n) is 7.22. The van der Waals surface area contributed by atoms with E-state index >= 15 is 0 Å². The predicted molar refractivity (Wildman–Crippen MR) is 128 cm³/mol. The number of benzene rings is 2. The quantitative estimate of drug-likeness (QED) is 0.546. The van der Waals surface area contributed by atoms with Gasteiger partial charge in [0.2, 0.25) is 5.17 Å². The van der Waals surface area contributed by atoms with E-state index in [9.17, 15) is 4.79 Å². The molecule has 0 aliphatic carbocycles. The van der Waals surface area contributed by atoms with Crippen molar-refractivity contribution >= 4 is 62.3 Å². The molecule has 3 aromatic rings. The summed E-state index contributed by atoms with van der Waals surface area (Å²) in [7, 11) is 0. The van der Waals surface area contributed by atoms with Crippen LogP contribution in [0.25, 0.3) is 17.0 Å². The first-order chi connectivity index (χ1) is 15.0. The molecule has 1 N–H and O–H groups in total. The molecular weight excluding hydrogens is 430 g/mol. The van der Waals surface area contributed by atoms with E-state index in [1.807, 2.05) is 61.7 Å². The first kappa shape index (κ1) is 19.8. The molecule has 3 heterocycles. The third-order valence-corrected chi connectivity index (χ3v) is 6.49. The first-order valence-corrected chi connectivity index (χ1v) is 11.0. The minimum absolute atomic E-state index is 0.0560. The lowest BCUT2D eigenvalue weighted by atomic mass is 10.1. The third kappa shape index (κ3) is 3.60. The standard InChI is InChI=1S/C23H18ClN5OS/c1-2-20-27-29-21(25)18(22(30)26-23(29)31-20)11-15-13-28(19-6-4-3-5-17(15)19)12-14-7-9-16(24)10-8-14/h3-11,13,25H,2,12H2,1H3/b18-11-,25-21?. The second kappa shape index (κ2) is 7.83. The van der Waals surface area contributed by atoms with E-state index in [1.54, 1.807) is 6.08 Å². The highest BCUT2D eigenvalue weighted by Gasteiger charge is 2.35. The Morgan fingerprint density at radius 2 is 1.94 bits per heavy atom. The first-order valence-electron chi connectivity index (χ1n) is 9.85. The number of thioether (sulfide) groups is 1. The van der Waals surface area contributed by atoms with Gasteiger partial charge in [-0.05, 0) is 48.0 Å². The van der Waals surface area contributed by atoms with Gasteiger partial charge in [-0.3, -0.25) is 10.2 Å². The molecule has 0 saturated carbocycles. The van der Waals surface area contributed by atoms with Crippen molar-refractivity contribution in [3.63, 3.8) is 0 Å². The number of fused-ring (bicyclic) bond motifs is 2. The van der Waals surface area contributed by atoms with Crippen molar-refractivity contribution in [3.8, 4) is 0 Å². The molecule has 2 aromatic carbocycles. The molecule has 0 fully saturated rings. The molecule has 8 heteroatoms. The van der Waals surface area contributed by atoms with Gasteiger partial charge in [-0.1, -0.05) is 48.9 Å². The van der Waals surface area contributed by atoms with Gasteiger partial charge in [0.25, 0.3) is 5.91 Å². The van der Waals surface area contributed by atoms with Gasteiger partial charge in [0.1, 0.15) is 5.04 Å². The highest BCUT2D eigenvalue weighted by Crippen LogP contribution is 2.31. The van der Waals surface area contributed by atoms with E-state index in [0.29, 0.717) is 16.7 Å². The molecule has 2 aliphatic heterocycles. The van der Waals surface area contributed by atoms with Crippen LogP contribution in [0.5, 0.6) is 0 Å². The summed E-state index contributed by atoms with van der Waals surface area (Å²) in [5.41, 5.74) is 3.27. The van der Waals surface area contributed by atoms with Crippen molar-refractivity contribution in [3.05, 3.63) is 76.5 Å². The average Bonchev–Trinajstić information content (AvgIpc) is 3.34. The summed E-state index contributed by atoms with van der Waals surface area (Å²) in [5, 5.41) is 17.4. The molecule has 6 nitrogen and oxygen atoms in total. The lowest BCUT2D eigenvalue weighted by Gasteiger charge is -2.20. The van der Waals surface area contributed by atoms with Gasteiger partial charge in [-0.15, -0.1) is 0 Å². The zero-order valence-corrected chi connectivity index (χ0v) is 18.2. The molecule has 0 atom stereocenters. The lowest BCUT2D eigenvalue weighted by Crippen LogP contribution is -2.35. The number of amidine groups is 2. The van der Waals surface area contributed by atoms with E-state index < -0.39 is 5.91 Å². The number of carbonyl (C=O) groups is 1. The van der Waals surface area contributed by atoms with E-state index in [2.05, 4.69) is 14.7 Å². The molecule has 0 unspecified atom stereocenters. The van der Waals surface area contributed by atoms with Gasteiger partial charge >= 0.3 is 0 Å². The van der Waals surface area contributed by atoms with Crippen molar-refractivity contribution in [2.45, 2.75) is 19.9 Å². The molecule has 0 spiro atoms. The summed E-state index contributed by atoms with van der Waals surface area (Å²) in [5.74, 6) is -0.355. The molecular formula is C23H18ClN5OS. The number of aliphatic imine (C=N–C) groups is 1. The van der Waals surface area contributed by atoms with Gasteiger partial charge in [-0.25, -0.2) is 0 Å². The van der Waals surface area contributed by atoms with Crippen LogP contribution in [-0.4, -0.2) is 31.5 Å². The number of carbonyl (C=O) groups excluding carboxylic acids is 1.